The van der Waals surface area contributed by atoms with Crippen LogP contribution in [0.4, 0.5) is 0 Å². The number of rotatable bonds is 8. The van der Waals surface area contributed by atoms with Gasteiger partial charge in [0.05, 0.1) is 18.8 Å². The highest BCUT2D eigenvalue weighted by Crippen LogP contribution is 2.28. The van der Waals surface area contributed by atoms with E-state index < -0.39 is 31.4 Å². The minimum atomic E-state index is -1.81. The maximum Gasteiger partial charge on any atom is 0.209 e. The van der Waals surface area contributed by atoms with Crippen LogP contribution in [0.3, 0.4) is 0 Å². The third-order valence-electron chi connectivity index (χ3n) is 3.65. The van der Waals surface area contributed by atoms with E-state index in [1.807, 2.05) is 0 Å². The van der Waals surface area contributed by atoms with E-state index in [-0.39, 0.29) is 6.10 Å². The molecule has 0 aliphatic heterocycles. The first-order valence-electron chi connectivity index (χ1n) is 7.04. The van der Waals surface area contributed by atoms with Crippen molar-refractivity contribution in [3.63, 3.8) is 0 Å². The molecular weight excluding hydrogens is 284 g/mol. The molecule has 0 spiro atoms. The van der Waals surface area contributed by atoms with Gasteiger partial charge < -0.3 is 29.9 Å². The molecule has 2 unspecified atom stereocenters. The summed E-state index contributed by atoms with van der Waals surface area (Å²) in [5, 5.41) is 37.1. The SMILES string of the molecule is C[C@H](O)C(CO)OC(OC1CCC(CS)CC1)C(O)O. The van der Waals surface area contributed by atoms with Gasteiger partial charge in [0, 0.05) is 0 Å². The van der Waals surface area contributed by atoms with Crippen molar-refractivity contribution in [2.75, 3.05) is 12.4 Å². The van der Waals surface area contributed by atoms with Gasteiger partial charge >= 0.3 is 0 Å². The lowest BCUT2D eigenvalue weighted by molar-refractivity contribution is -0.296. The first-order chi connectivity index (χ1) is 9.47. The van der Waals surface area contributed by atoms with Gasteiger partial charge in [0.15, 0.2) is 0 Å². The molecule has 0 aromatic rings. The molecule has 0 aromatic carbocycles. The molecule has 0 bridgehead atoms. The molecule has 1 rings (SSSR count). The summed E-state index contributed by atoms with van der Waals surface area (Å²) < 4.78 is 10.8. The van der Waals surface area contributed by atoms with Crippen molar-refractivity contribution in [2.24, 2.45) is 5.92 Å². The average Bonchev–Trinajstić information content (AvgIpc) is 2.43. The Labute approximate surface area is 125 Å². The van der Waals surface area contributed by atoms with Crippen LogP contribution in [0.25, 0.3) is 0 Å². The molecule has 0 amide bonds. The predicted octanol–water partition coefficient (Wildman–Crippen LogP) is -0.113. The Kier molecular flexibility index (Phi) is 8.35. The Hall–Kier alpha value is 0.110. The van der Waals surface area contributed by atoms with Crippen LogP contribution in [0.15, 0.2) is 0 Å². The lowest BCUT2D eigenvalue weighted by Gasteiger charge is -2.33. The number of hydrogen-bond acceptors (Lipinski definition) is 7. The maximum absolute atomic E-state index is 9.40. The first-order valence-corrected chi connectivity index (χ1v) is 7.68. The molecule has 3 atom stereocenters. The molecule has 6 nitrogen and oxygen atoms in total. The Balaban J connectivity index is 2.47. The van der Waals surface area contributed by atoms with E-state index in [1.165, 1.54) is 6.92 Å². The number of hydrogen-bond donors (Lipinski definition) is 5. The van der Waals surface area contributed by atoms with Crippen molar-refractivity contribution in [3.8, 4) is 0 Å². The summed E-state index contributed by atoms with van der Waals surface area (Å²) >= 11 is 4.27. The highest BCUT2D eigenvalue weighted by molar-refractivity contribution is 7.80. The van der Waals surface area contributed by atoms with Gasteiger partial charge in [-0.05, 0) is 44.3 Å². The Morgan fingerprint density at radius 1 is 1.15 bits per heavy atom. The van der Waals surface area contributed by atoms with Crippen LogP contribution in [0.5, 0.6) is 0 Å². The summed E-state index contributed by atoms with van der Waals surface area (Å²) in [7, 11) is 0. The highest BCUT2D eigenvalue weighted by Gasteiger charge is 2.30. The molecule has 1 fully saturated rings. The smallest absolute Gasteiger partial charge is 0.209 e. The van der Waals surface area contributed by atoms with Crippen LogP contribution in [0, 0.1) is 5.92 Å². The van der Waals surface area contributed by atoms with Gasteiger partial charge in [0.2, 0.25) is 12.6 Å². The fourth-order valence-electron chi connectivity index (χ4n) is 2.29. The molecule has 4 N–H and O–H groups in total. The minimum Gasteiger partial charge on any atom is -0.394 e. The molecule has 20 heavy (non-hydrogen) atoms. The lowest BCUT2D eigenvalue weighted by atomic mass is 9.89. The Morgan fingerprint density at radius 3 is 2.15 bits per heavy atom. The molecule has 0 aromatic heterocycles. The number of ether oxygens (including phenoxy) is 2. The van der Waals surface area contributed by atoms with Gasteiger partial charge in [0.25, 0.3) is 0 Å². The molecule has 1 aliphatic rings. The standard InChI is InChI=1S/C13H26O6S/c1-8(15)11(6-14)19-13(12(16)17)18-10-4-2-9(7-20)3-5-10/h8-17,20H,2-7H2,1H3/t8-,9?,10?,11?,13?/m0/s1. The van der Waals surface area contributed by atoms with Gasteiger partial charge in [-0.3, -0.25) is 0 Å². The van der Waals surface area contributed by atoms with E-state index >= 15 is 0 Å². The zero-order chi connectivity index (χ0) is 15.1. The van der Waals surface area contributed by atoms with Gasteiger partial charge in [0.1, 0.15) is 6.10 Å². The molecule has 120 valence electrons. The van der Waals surface area contributed by atoms with Crippen molar-refractivity contribution in [2.45, 2.75) is 63.5 Å². The Morgan fingerprint density at radius 2 is 1.75 bits per heavy atom. The molecule has 1 saturated carbocycles. The summed E-state index contributed by atoms with van der Waals surface area (Å²) in [5.74, 6) is 1.43. The molecular formula is C13H26O6S. The lowest BCUT2D eigenvalue weighted by Crippen LogP contribution is -2.43. The van der Waals surface area contributed by atoms with Crippen molar-refractivity contribution in [1.82, 2.24) is 0 Å². The minimum absolute atomic E-state index is 0.105. The summed E-state index contributed by atoms with van der Waals surface area (Å²) in [4.78, 5) is 0. The third-order valence-corrected chi connectivity index (χ3v) is 4.17. The van der Waals surface area contributed by atoms with Crippen LogP contribution in [0.2, 0.25) is 0 Å². The average molecular weight is 310 g/mol. The van der Waals surface area contributed by atoms with E-state index in [0.29, 0.717) is 5.92 Å². The topological polar surface area (TPSA) is 99.4 Å². The van der Waals surface area contributed by atoms with Crippen molar-refractivity contribution in [3.05, 3.63) is 0 Å². The van der Waals surface area contributed by atoms with E-state index in [2.05, 4.69) is 12.6 Å². The molecule has 0 heterocycles. The van der Waals surface area contributed by atoms with E-state index in [9.17, 15) is 15.3 Å². The van der Waals surface area contributed by atoms with Gasteiger partial charge in [-0.1, -0.05) is 0 Å². The maximum atomic E-state index is 9.40. The summed E-state index contributed by atoms with van der Waals surface area (Å²) in [6.45, 7) is 1.04. The summed E-state index contributed by atoms with van der Waals surface area (Å²) in [6, 6.07) is 0. The fraction of sp³-hybridized carbons (Fsp3) is 1.00. The van der Waals surface area contributed by atoms with Crippen LogP contribution in [0.1, 0.15) is 32.6 Å². The second-order valence-corrected chi connectivity index (χ2v) is 5.71. The Bertz CT molecular complexity index is 255. The third kappa shape index (κ3) is 5.85. The second kappa shape index (κ2) is 9.19. The first kappa shape index (κ1) is 18.2. The van der Waals surface area contributed by atoms with E-state index in [4.69, 9.17) is 14.6 Å². The van der Waals surface area contributed by atoms with E-state index in [1.54, 1.807) is 0 Å². The van der Waals surface area contributed by atoms with Crippen LogP contribution in [-0.2, 0) is 9.47 Å². The zero-order valence-corrected chi connectivity index (χ0v) is 12.7. The number of aliphatic hydroxyl groups excluding tert-OH is 3. The van der Waals surface area contributed by atoms with Gasteiger partial charge in [-0.25, -0.2) is 0 Å². The second-order valence-electron chi connectivity index (χ2n) is 5.34. The largest absolute Gasteiger partial charge is 0.394 e. The van der Waals surface area contributed by atoms with Gasteiger partial charge in [-0.2, -0.15) is 12.6 Å². The fourth-order valence-corrected chi connectivity index (χ4v) is 2.66. The monoisotopic (exact) mass is 310 g/mol. The van der Waals surface area contributed by atoms with E-state index in [0.717, 1.165) is 31.4 Å². The molecule has 1 aliphatic carbocycles. The summed E-state index contributed by atoms with van der Waals surface area (Å²) in [6.07, 6.45) is -1.41. The van der Waals surface area contributed by atoms with Crippen LogP contribution < -0.4 is 0 Å². The highest BCUT2D eigenvalue weighted by atomic mass is 32.1. The van der Waals surface area contributed by atoms with Crippen LogP contribution in [-0.4, -0.2) is 63.7 Å². The molecule has 0 radical (unpaired) electrons. The van der Waals surface area contributed by atoms with Gasteiger partial charge in [-0.15, -0.1) is 0 Å². The number of thiol groups is 1. The van der Waals surface area contributed by atoms with Crippen molar-refractivity contribution in [1.29, 1.82) is 0 Å². The van der Waals surface area contributed by atoms with Crippen molar-refractivity contribution >= 4 is 12.6 Å². The zero-order valence-electron chi connectivity index (χ0n) is 11.8. The normalized spacial score (nSPS) is 28.4. The summed E-state index contributed by atoms with van der Waals surface area (Å²) in [5.41, 5.74) is 0. The quantitative estimate of drug-likeness (QED) is 0.317. The number of aliphatic hydroxyl groups is 4. The van der Waals surface area contributed by atoms with Crippen LogP contribution >= 0.6 is 12.6 Å². The molecule has 0 saturated heterocycles. The predicted molar refractivity (Wildman–Crippen MR) is 76.3 cm³/mol. The molecule has 7 heteroatoms. The van der Waals surface area contributed by atoms with Crippen molar-refractivity contribution < 1.29 is 29.9 Å².